The molecule has 0 bridgehead atoms. The molecule has 0 unspecified atom stereocenters. The third-order valence-electron chi connectivity index (χ3n) is 2.80. The molecule has 6 heteroatoms. The van der Waals surface area contributed by atoms with Crippen molar-refractivity contribution in [2.45, 2.75) is 37.8 Å². The Labute approximate surface area is 123 Å². The van der Waals surface area contributed by atoms with E-state index in [4.69, 9.17) is 5.73 Å². The Balaban J connectivity index is 2.59. The molecule has 1 aromatic carbocycles. The highest BCUT2D eigenvalue weighted by Gasteiger charge is 2.16. The van der Waals surface area contributed by atoms with E-state index in [1.54, 1.807) is 18.7 Å². The summed E-state index contributed by atoms with van der Waals surface area (Å²) in [5.41, 5.74) is 6.00. The minimum Gasteiger partial charge on any atom is -0.352 e. The van der Waals surface area contributed by atoms with Crippen molar-refractivity contribution >= 4 is 23.7 Å². The Bertz CT molecular complexity index is 462. The molecule has 0 aliphatic heterocycles. The first-order valence-corrected chi connectivity index (χ1v) is 7.51. The molecular formula is C14H21N3O2S. The van der Waals surface area contributed by atoms with E-state index in [1.807, 2.05) is 31.2 Å². The zero-order chi connectivity index (χ0) is 15.1. The molecule has 0 aromatic heterocycles. The van der Waals surface area contributed by atoms with Crippen LogP contribution < -0.4 is 16.4 Å². The van der Waals surface area contributed by atoms with Gasteiger partial charge >= 0.3 is 6.03 Å². The van der Waals surface area contributed by atoms with Gasteiger partial charge in [0.05, 0.1) is 6.04 Å². The predicted octanol–water partition coefficient (Wildman–Crippen LogP) is 2.03. The van der Waals surface area contributed by atoms with Gasteiger partial charge in [0.25, 0.3) is 0 Å². The lowest BCUT2D eigenvalue weighted by Crippen LogP contribution is -2.47. The van der Waals surface area contributed by atoms with Crippen LogP contribution in [0.1, 0.15) is 32.4 Å². The Morgan fingerprint density at radius 1 is 1.20 bits per heavy atom. The molecule has 0 saturated carbocycles. The van der Waals surface area contributed by atoms with Crippen molar-refractivity contribution in [1.82, 2.24) is 10.6 Å². The van der Waals surface area contributed by atoms with Gasteiger partial charge in [-0.05, 0) is 37.3 Å². The van der Waals surface area contributed by atoms with Crippen LogP contribution in [0.3, 0.4) is 0 Å². The van der Waals surface area contributed by atoms with Crippen LogP contribution >= 0.6 is 11.8 Å². The number of rotatable bonds is 6. The quantitative estimate of drug-likeness (QED) is 0.702. The first-order chi connectivity index (χ1) is 9.43. The van der Waals surface area contributed by atoms with Crippen molar-refractivity contribution in [2.75, 3.05) is 5.75 Å². The monoisotopic (exact) mass is 295 g/mol. The van der Waals surface area contributed by atoms with Gasteiger partial charge in [-0.25, -0.2) is 4.79 Å². The third kappa shape index (κ3) is 5.13. The summed E-state index contributed by atoms with van der Waals surface area (Å²) in [7, 11) is 0. The number of urea groups is 1. The summed E-state index contributed by atoms with van der Waals surface area (Å²) in [5.74, 6) is 0.769. The fraction of sp³-hybridized carbons (Fsp3) is 0.429. The number of thioether (sulfide) groups is 1. The molecule has 0 heterocycles. The Hall–Kier alpha value is -1.69. The molecule has 0 spiro atoms. The first kappa shape index (κ1) is 16.4. The Morgan fingerprint density at radius 3 is 2.30 bits per heavy atom. The molecule has 0 radical (unpaired) electrons. The molecule has 1 rings (SSSR count). The van der Waals surface area contributed by atoms with Crippen molar-refractivity contribution in [3.05, 3.63) is 29.8 Å². The highest BCUT2D eigenvalue weighted by Crippen LogP contribution is 2.20. The van der Waals surface area contributed by atoms with Crippen LogP contribution in [0.2, 0.25) is 0 Å². The highest BCUT2D eigenvalue weighted by atomic mass is 32.2. The second kappa shape index (κ2) is 7.79. The lowest BCUT2D eigenvalue weighted by atomic mass is 10.1. The van der Waals surface area contributed by atoms with Gasteiger partial charge in [-0.1, -0.05) is 19.1 Å². The molecule has 110 valence electrons. The fourth-order valence-electron chi connectivity index (χ4n) is 1.72. The molecule has 1 aromatic rings. The van der Waals surface area contributed by atoms with E-state index in [-0.39, 0.29) is 11.9 Å². The number of primary amides is 1. The summed E-state index contributed by atoms with van der Waals surface area (Å²) in [6, 6.07) is 6.59. The number of hydrogen-bond acceptors (Lipinski definition) is 3. The van der Waals surface area contributed by atoms with E-state index in [0.29, 0.717) is 0 Å². The summed E-state index contributed by atoms with van der Waals surface area (Å²) in [5, 5.41) is 5.19. The molecule has 0 aliphatic rings. The fourth-order valence-corrected chi connectivity index (χ4v) is 2.38. The molecule has 20 heavy (non-hydrogen) atoms. The van der Waals surface area contributed by atoms with Crippen LogP contribution in [0, 0.1) is 0 Å². The van der Waals surface area contributed by atoms with Crippen LogP contribution in [0.4, 0.5) is 4.79 Å². The standard InChI is InChI=1S/C14H21N3O2S/c1-4-20-12-7-5-11(6-8-12)9(2)16-13(18)10(3)17-14(15)19/h5-10H,4H2,1-3H3,(H,16,18)(H3,15,17,19)/t9-,10+/m1/s1. The van der Waals surface area contributed by atoms with E-state index in [0.717, 1.165) is 11.3 Å². The summed E-state index contributed by atoms with van der Waals surface area (Å²) >= 11 is 1.77. The molecule has 0 saturated heterocycles. The Kier molecular flexibility index (Phi) is 6.38. The smallest absolute Gasteiger partial charge is 0.312 e. The molecule has 5 nitrogen and oxygen atoms in total. The van der Waals surface area contributed by atoms with E-state index >= 15 is 0 Å². The Morgan fingerprint density at radius 2 is 1.80 bits per heavy atom. The van der Waals surface area contributed by atoms with E-state index in [2.05, 4.69) is 17.6 Å². The van der Waals surface area contributed by atoms with Gasteiger partial charge in [-0.15, -0.1) is 11.8 Å². The molecule has 4 N–H and O–H groups in total. The van der Waals surface area contributed by atoms with Gasteiger partial charge < -0.3 is 16.4 Å². The second-order valence-electron chi connectivity index (χ2n) is 4.46. The van der Waals surface area contributed by atoms with Crippen LogP contribution in [-0.2, 0) is 4.79 Å². The number of carbonyl (C=O) groups is 2. The topological polar surface area (TPSA) is 84.2 Å². The van der Waals surface area contributed by atoms with Gasteiger partial charge in [-0.2, -0.15) is 0 Å². The molecule has 0 aliphatic carbocycles. The van der Waals surface area contributed by atoms with Crippen molar-refractivity contribution in [2.24, 2.45) is 5.73 Å². The summed E-state index contributed by atoms with van der Waals surface area (Å²) in [6.45, 7) is 5.60. The average molecular weight is 295 g/mol. The maximum absolute atomic E-state index is 11.8. The predicted molar refractivity (Wildman–Crippen MR) is 81.6 cm³/mol. The summed E-state index contributed by atoms with van der Waals surface area (Å²) in [4.78, 5) is 23.8. The van der Waals surface area contributed by atoms with Gasteiger partial charge in [0.1, 0.15) is 6.04 Å². The third-order valence-corrected chi connectivity index (χ3v) is 3.70. The lowest BCUT2D eigenvalue weighted by molar-refractivity contribution is -0.123. The second-order valence-corrected chi connectivity index (χ2v) is 5.80. The highest BCUT2D eigenvalue weighted by molar-refractivity contribution is 7.99. The number of amides is 3. The average Bonchev–Trinajstić information content (AvgIpc) is 2.39. The summed E-state index contributed by atoms with van der Waals surface area (Å²) < 4.78 is 0. The van der Waals surface area contributed by atoms with Crippen LogP contribution in [0.5, 0.6) is 0 Å². The number of nitrogens with one attached hydrogen (secondary N) is 2. The molecule has 3 amide bonds. The van der Waals surface area contributed by atoms with Crippen LogP contribution in [0.15, 0.2) is 29.2 Å². The maximum atomic E-state index is 11.8. The number of hydrogen-bond donors (Lipinski definition) is 3. The van der Waals surface area contributed by atoms with Crippen molar-refractivity contribution in [1.29, 1.82) is 0 Å². The van der Waals surface area contributed by atoms with E-state index in [1.165, 1.54) is 4.90 Å². The normalized spacial score (nSPS) is 13.3. The van der Waals surface area contributed by atoms with Crippen LogP contribution in [-0.4, -0.2) is 23.7 Å². The van der Waals surface area contributed by atoms with Gasteiger partial charge in [0, 0.05) is 4.90 Å². The van der Waals surface area contributed by atoms with E-state index in [9.17, 15) is 9.59 Å². The SMILES string of the molecule is CCSc1ccc([C@@H](C)NC(=O)[C@H](C)NC(N)=O)cc1. The van der Waals surface area contributed by atoms with Gasteiger partial charge in [0.15, 0.2) is 0 Å². The maximum Gasteiger partial charge on any atom is 0.312 e. The number of benzene rings is 1. The molecule has 0 fully saturated rings. The molecular weight excluding hydrogens is 274 g/mol. The van der Waals surface area contributed by atoms with Crippen molar-refractivity contribution in [3.63, 3.8) is 0 Å². The first-order valence-electron chi connectivity index (χ1n) is 6.53. The van der Waals surface area contributed by atoms with Crippen molar-refractivity contribution < 1.29 is 9.59 Å². The zero-order valence-corrected chi connectivity index (χ0v) is 12.8. The van der Waals surface area contributed by atoms with Gasteiger partial charge in [-0.3, -0.25) is 4.79 Å². The largest absolute Gasteiger partial charge is 0.352 e. The molecule has 2 atom stereocenters. The summed E-state index contributed by atoms with van der Waals surface area (Å²) in [6.07, 6.45) is 0. The van der Waals surface area contributed by atoms with Crippen LogP contribution in [0.25, 0.3) is 0 Å². The minimum atomic E-state index is -0.707. The minimum absolute atomic E-state index is 0.125. The number of carbonyl (C=O) groups excluding carboxylic acids is 2. The zero-order valence-electron chi connectivity index (χ0n) is 12.0. The number of nitrogens with two attached hydrogens (primary N) is 1. The van der Waals surface area contributed by atoms with Crippen molar-refractivity contribution in [3.8, 4) is 0 Å². The van der Waals surface area contributed by atoms with E-state index < -0.39 is 12.1 Å². The van der Waals surface area contributed by atoms with Gasteiger partial charge in [0.2, 0.25) is 5.91 Å². The lowest BCUT2D eigenvalue weighted by Gasteiger charge is -2.18.